The second-order valence-electron chi connectivity index (χ2n) is 13.1. The van der Waals surface area contributed by atoms with Crippen LogP contribution in [0.4, 0.5) is 5.69 Å². The molecule has 3 N–H and O–H groups in total. The Morgan fingerprint density at radius 3 is 1.38 bits per heavy atom. The van der Waals surface area contributed by atoms with Crippen LogP contribution in [-0.4, -0.2) is 23.0 Å². The van der Waals surface area contributed by atoms with E-state index in [-0.39, 0.29) is 13.2 Å². The van der Waals surface area contributed by atoms with Gasteiger partial charge in [-0.15, -0.1) is 0 Å². The number of unbranched alkanes of at least 4 members (excludes halogenated alkanes) is 17. The van der Waals surface area contributed by atoms with Crippen molar-refractivity contribution in [3.8, 4) is 5.75 Å². The molecule has 0 aliphatic carbocycles. The van der Waals surface area contributed by atoms with E-state index in [4.69, 9.17) is 18.8 Å². The van der Waals surface area contributed by atoms with E-state index in [9.17, 15) is 9.13 Å². The first kappa shape index (κ1) is 42.5. The molecule has 2 aromatic rings. The van der Waals surface area contributed by atoms with E-state index in [0.29, 0.717) is 30.7 Å². The lowest BCUT2D eigenvalue weighted by atomic mass is 10.0. The second-order valence-corrected chi connectivity index (χ2v) is 16.0. The van der Waals surface area contributed by atoms with Gasteiger partial charge in [0.15, 0.2) is 0 Å². The number of anilines is 1. The zero-order valence-electron chi connectivity index (χ0n) is 29.9. The SMILES string of the molecule is CCCCCCCCCCCCc1ccc(OP(=O)(Nc2ccc(CCCCCCCC)cc2)OCCCCCCOP(=O)(O)O)cc1. The van der Waals surface area contributed by atoms with Gasteiger partial charge in [0.05, 0.1) is 13.2 Å². The van der Waals surface area contributed by atoms with E-state index in [2.05, 4.69) is 35.6 Å². The molecule has 0 saturated heterocycles. The molecule has 2 rings (SSSR count). The van der Waals surface area contributed by atoms with Crippen LogP contribution in [0.2, 0.25) is 0 Å². The van der Waals surface area contributed by atoms with Crippen molar-refractivity contribution in [2.75, 3.05) is 18.3 Å². The summed E-state index contributed by atoms with van der Waals surface area (Å²) in [4.78, 5) is 17.6. The molecule has 1 unspecified atom stereocenters. The molecule has 48 heavy (non-hydrogen) atoms. The van der Waals surface area contributed by atoms with Crippen LogP contribution in [0.5, 0.6) is 5.75 Å². The largest absolute Gasteiger partial charge is 0.486 e. The van der Waals surface area contributed by atoms with Gasteiger partial charge in [-0.2, -0.15) is 0 Å². The molecule has 274 valence electrons. The van der Waals surface area contributed by atoms with Crippen LogP contribution in [0.3, 0.4) is 0 Å². The molecule has 0 heterocycles. The second kappa shape index (κ2) is 26.2. The van der Waals surface area contributed by atoms with Crippen molar-refractivity contribution in [2.24, 2.45) is 0 Å². The van der Waals surface area contributed by atoms with Crippen LogP contribution in [-0.2, 0) is 31.0 Å². The van der Waals surface area contributed by atoms with Gasteiger partial charge in [0.2, 0.25) is 0 Å². The third kappa shape index (κ3) is 22.1. The highest BCUT2D eigenvalue weighted by molar-refractivity contribution is 7.55. The van der Waals surface area contributed by atoms with Crippen LogP contribution in [0, 0.1) is 0 Å². The van der Waals surface area contributed by atoms with E-state index in [1.807, 2.05) is 36.4 Å². The molecule has 0 bridgehead atoms. The lowest BCUT2D eigenvalue weighted by molar-refractivity contribution is 0.192. The highest BCUT2D eigenvalue weighted by atomic mass is 31.2. The molecular weight excluding hydrogens is 644 g/mol. The minimum atomic E-state index is -4.44. The monoisotopic (exact) mass is 709 g/mol. The van der Waals surface area contributed by atoms with Gasteiger partial charge in [-0.05, 0) is 73.9 Å². The van der Waals surface area contributed by atoms with E-state index >= 15 is 0 Å². The van der Waals surface area contributed by atoms with Gasteiger partial charge in [0.25, 0.3) is 0 Å². The molecule has 0 radical (unpaired) electrons. The predicted octanol–water partition coefficient (Wildman–Crippen LogP) is 12.3. The van der Waals surface area contributed by atoms with Crippen LogP contribution in [0.15, 0.2) is 48.5 Å². The van der Waals surface area contributed by atoms with Gasteiger partial charge in [0.1, 0.15) is 5.75 Å². The summed E-state index contributed by atoms with van der Waals surface area (Å²) < 4.78 is 41.2. The van der Waals surface area contributed by atoms with Gasteiger partial charge < -0.3 is 14.3 Å². The Hall–Kier alpha value is -1.66. The van der Waals surface area contributed by atoms with Crippen molar-refractivity contribution in [3.05, 3.63) is 59.7 Å². The van der Waals surface area contributed by atoms with Crippen molar-refractivity contribution in [1.29, 1.82) is 0 Å². The molecule has 0 aromatic heterocycles. The smallest absolute Gasteiger partial charge is 0.409 e. The summed E-state index contributed by atoms with van der Waals surface area (Å²) in [5, 5.41) is 3.04. The summed E-state index contributed by atoms with van der Waals surface area (Å²) in [5.74, 6) is 0.493. The van der Waals surface area contributed by atoms with Crippen LogP contribution in [0.25, 0.3) is 0 Å². The Balaban J connectivity index is 1.85. The number of phosphoric acid groups is 1. The maximum atomic E-state index is 14.0. The summed E-state index contributed by atoms with van der Waals surface area (Å²) >= 11 is 0. The lowest BCUT2D eigenvalue weighted by Gasteiger charge is -2.21. The highest BCUT2D eigenvalue weighted by Gasteiger charge is 2.27. The molecule has 0 saturated carbocycles. The molecule has 2 aromatic carbocycles. The molecule has 1 atom stereocenters. The average Bonchev–Trinajstić information content (AvgIpc) is 3.06. The van der Waals surface area contributed by atoms with E-state index in [1.165, 1.54) is 114 Å². The van der Waals surface area contributed by atoms with E-state index < -0.39 is 15.6 Å². The third-order valence-electron chi connectivity index (χ3n) is 8.57. The van der Waals surface area contributed by atoms with E-state index in [0.717, 1.165) is 19.3 Å². The van der Waals surface area contributed by atoms with Gasteiger partial charge in [-0.3, -0.25) is 14.1 Å². The Morgan fingerprint density at radius 2 is 0.917 bits per heavy atom. The maximum absolute atomic E-state index is 14.0. The van der Waals surface area contributed by atoms with Crippen molar-refractivity contribution in [2.45, 2.75) is 155 Å². The molecule has 0 fully saturated rings. The summed E-state index contributed by atoms with van der Waals surface area (Å²) in [6.45, 7) is 4.71. The Kier molecular flexibility index (Phi) is 23.2. The molecule has 8 nitrogen and oxygen atoms in total. The minimum absolute atomic E-state index is 0.00165. The number of benzene rings is 2. The van der Waals surface area contributed by atoms with Crippen molar-refractivity contribution >= 4 is 21.3 Å². The fourth-order valence-corrected chi connectivity index (χ4v) is 7.46. The Morgan fingerprint density at radius 1 is 0.521 bits per heavy atom. The van der Waals surface area contributed by atoms with E-state index in [1.54, 1.807) is 0 Å². The fraction of sp³-hybridized carbons (Fsp3) is 0.684. The third-order valence-corrected chi connectivity index (χ3v) is 10.6. The zero-order valence-corrected chi connectivity index (χ0v) is 31.7. The normalized spacial score (nSPS) is 13.0. The molecule has 0 aliphatic heterocycles. The zero-order chi connectivity index (χ0) is 34.8. The molecular formula is C38H65NO7P2. The van der Waals surface area contributed by atoms with Crippen LogP contribution < -0.4 is 9.61 Å². The number of nitrogens with one attached hydrogen (secondary N) is 1. The minimum Gasteiger partial charge on any atom is -0.409 e. The standard InChI is InChI=1S/C38H65NO7P2/c1-3-5-7-9-11-12-13-14-16-20-24-36-27-31-38(32-28-36)46-47(40,44-33-21-17-18-22-34-45-48(41,42)43)39-37-29-25-35(26-30-37)23-19-15-10-8-6-4-2/h25-32H,3-24,33-34H2,1-2H3,(H,39,40)(H2,41,42,43). The van der Waals surface area contributed by atoms with Crippen LogP contribution in [0.1, 0.15) is 153 Å². The molecule has 0 aliphatic rings. The Bertz CT molecular complexity index is 1150. The number of hydrogen-bond donors (Lipinski definition) is 3. The first-order valence-corrected chi connectivity index (χ1v) is 21.9. The molecule has 0 spiro atoms. The van der Waals surface area contributed by atoms with Crippen molar-refractivity contribution < 1.29 is 32.5 Å². The first-order chi connectivity index (χ1) is 23.2. The predicted molar refractivity (Wildman–Crippen MR) is 200 cm³/mol. The summed E-state index contributed by atoms with van der Waals surface area (Å²) in [5.41, 5.74) is 3.18. The summed E-state index contributed by atoms with van der Waals surface area (Å²) in [7, 11) is -8.17. The number of aryl methyl sites for hydroxylation is 2. The topological polar surface area (TPSA) is 114 Å². The fourth-order valence-electron chi connectivity index (χ4n) is 5.69. The lowest BCUT2D eigenvalue weighted by Crippen LogP contribution is -2.08. The molecule has 10 heteroatoms. The van der Waals surface area contributed by atoms with Gasteiger partial charge >= 0.3 is 15.6 Å². The van der Waals surface area contributed by atoms with Crippen LogP contribution >= 0.6 is 15.6 Å². The highest BCUT2D eigenvalue weighted by Crippen LogP contribution is 2.48. The summed E-state index contributed by atoms with van der Waals surface area (Å²) in [6.07, 6.45) is 25.4. The number of phosphoric ester groups is 1. The average molecular weight is 710 g/mol. The van der Waals surface area contributed by atoms with Crippen molar-refractivity contribution in [3.63, 3.8) is 0 Å². The molecule has 0 amide bonds. The number of rotatable bonds is 31. The van der Waals surface area contributed by atoms with Gasteiger partial charge in [0, 0.05) is 5.69 Å². The van der Waals surface area contributed by atoms with Crippen molar-refractivity contribution in [1.82, 2.24) is 0 Å². The summed E-state index contributed by atoms with van der Waals surface area (Å²) in [6, 6.07) is 15.8. The maximum Gasteiger partial charge on any atom is 0.486 e. The van der Waals surface area contributed by atoms with Gasteiger partial charge in [-0.1, -0.05) is 141 Å². The number of hydrogen-bond acceptors (Lipinski definition) is 5. The first-order valence-electron chi connectivity index (χ1n) is 18.8. The quantitative estimate of drug-likeness (QED) is 0.0523. The Labute approximate surface area is 292 Å². The van der Waals surface area contributed by atoms with Gasteiger partial charge in [-0.25, -0.2) is 9.13 Å².